The molecule has 1 heteroatoms. The molecule has 0 bridgehead atoms. The van der Waals surface area contributed by atoms with Crippen LogP contribution in [0.2, 0.25) is 0 Å². The fourth-order valence-corrected chi connectivity index (χ4v) is 2.78. The van der Waals surface area contributed by atoms with Gasteiger partial charge < -0.3 is 5.73 Å². The Kier molecular flexibility index (Phi) is 4.43. The molecule has 1 saturated carbocycles. The topological polar surface area (TPSA) is 26.0 Å². The Balaban J connectivity index is 2.53. The molecule has 84 valence electrons. The Morgan fingerprint density at radius 2 is 2.07 bits per heavy atom. The Labute approximate surface area is 89.5 Å². The number of hydrogen-bond acceptors (Lipinski definition) is 1. The van der Waals surface area contributed by atoms with Gasteiger partial charge in [-0.25, -0.2) is 0 Å². The second-order valence-corrected chi connectivity index (χ2v) is 5.46. The summed E-state index contributed by atoms with van der Waals surface area (Å²) in [5.74, 6) is 1.60. The highest BCUT2D eigenvalue weighted by atomic mass is 14.8. The molecule has 0 amide bonds. The van der Waals surface area contributed by atoms with Crippen LogP contribution in [-0.2, 0) is 0 Å². The summed E-state index contributed by atoms with van der Waals surface area (Å²) in [4.78, 5) is 0. The first-order valence-electron chi connectivity index (χ1n) is 6.37. The fraction of sp³-hybridized carbons (Fsp3) is 1.00. The summed E-state index contributed by atoms with van der Waals surface area (Å²) in [6.07, 6.45) is 9.13. The summed E-state index contributed by atoms with van der Waals surface area (Å²) in [6.45, 7) is 6.98. The van der Waals surface area contributed by atoms with Crippen molar-refractivity contribution < 1.29 is 0 Å². The molecule has 1 aliphatic carbocycles. The van der Waals surface area contributed by atoms with Crippen molar-refractivity contribution in [2.24, 2.45) is 17.6 Å². The lowest BCUT2D eigenvalue weighted by Gasteiger charge is -2.35. The zero-order chi connectivity index (χ0) is 10.6. The van der Waals surface area contributed by atoms with Gasteiger partial charge in [0, 0.05) is 5.54 Å². The van der Waals surface area contributed by atoms with Gasteiger partial charge in [-0.05, 0) is 37.5 Å². The molecule has 0 heterocycles. The Bertz CT molecular complexity index is 167. The lowest BCUT2D eigenvalue weighted by molar-refractivity contribution is 0.239. The summed E-state index contributed by atoms with van der Waals surface area (Å²) in [7, 11) is 0. The molecule has 0 spiro atoms. The van der Waals surface area contributed by atoms with Crippen molar-refractivity contribution in [3.63, 3.8) is 0 Å². The van der Waals surface area contributed by atoms with Gasteiger partial charge in [0.1, 0.15) is 0 Å². The minimum Gasteiger partial charge on any atom is -0.325 e. The largest absolute Gasteiger partial charge is 0.325 e. The van der Waals surface area contributed by atoms with Crippen molar-refractivity contribution in [2.45, 2.75) is 71.3 Å². The Morgan fingerprint density at radius 3 is 2.71 bits per heavy atom. The molecular weight excluding hydrogens is 170 g/mol. The van der Waals surface area contributed by atoms with E-state index in [4.69, 9.17) is 5.73 Å². The monoisotopic (exact) mass is 197 g/mol. The lowest BCUT2D eigenvalue weighted by Crippen LogP contribution is -2.45. The van der Waals surface area contributed by atoms with Gasteiger partial charge >= 0.3 is 0 Å². The first-order valence-corrected chi connectivity index (χ1v) is 6.37. The summed E-state index contributed by atoms with van der Waals surface area (Å²) in [5, 5.41) is 0. The van der Waals surface area contributed by atoms with E-state index >= 15 is 0 Å². The molecule has 1 aliphatic rings. The molecule has 14 heavy (non-hydrogen) atoms. The Morgan fingerprint density at radius 1 is 1.36 bits per heavy atom. The smallest absolute Gasteiger partial charge is 0.0180 e. The van der Waals surface area contributed by atoms with Crippen LogP contribution in [0.4, 0.5) is 0 Å². The van der Waals surface area contributed by atoms with E-state index in [0.717, 1.165) is 5.92 Å². The zero-order valence-corrected chi connectivity index (χ0v) is 10.2. The van der Waals surface area contributed by atoms with Gasteiger partial charge in [-0.1, -0.05) is 40.0 Å². The minimum absolute atomic E-state index is 0.154. The second kappa shape index (κ2) is 5.16. The van der Waals surface area contributed by atoms with E-state index in [1.54, 1.807) is 0 Å². The van der Waals surface area contributed by atoms with Crippen molar-refractivity contribution in [1.29, 1.82) is 0 Å². The van der Waals surface area contributed by atoms with Gasteiger partial charge in [-0.2, -0.15) is 0 Å². The van der Waals surface area contributed by atoms with Crippen LogP contribution >= 0.6 is 0 Å². The second-order valence-electron chi connectivity index (χ2n) is 5.46. The maximum absolute atomic E-state index is 6.55. The summed E-state index contributed by atoms with van der Waals surface area (Å²) >= 11 is 0. The quantitative estimate of drug-likeness (QED) is 0.686. The predicted molar refractivity (Wildman–Crippen MR) is 63.2 cm³/mol. The maximum Gasteiger partial charge on any atom is 0.0180 e. The molecule has 1 rings (SSSR count). The molecule has 0 aromatic rings. The molecule has 1 fully saturated rings. The third-order valence-corrected chi connectivity index (χ3v) is 4.14. The summed E-state index contributed by atoms with van der Waals surface area (Å²) < 4.78 is 0. The van der Waals surface area contributed by atoms with Crippen molar-refractivity contribution in [3.8, 4) is 0 Å². The van der Waals surface area contributed by atoms with Crippen molar-refractivity contribution in [1.82, 2.24) is 0 Å². The maximum atomic E-state index is 6.55. The normalized spacial score (nSPS) is 36.4. The van der Waals surface area contributed by atoms with Crippen LogP contribution in [0.15, 0.2) is 0 Å². The molecule has 3 atom stereocenters. The summed E-state index contributed by atoms with van der Waals surface area (Å²) in [5.41, 5.74) is 6.70. The molecule has 0 radical (unpaired) electrons. The van der Waals surface area contributed by atoms with Crippen LogP contribution in [0.25, 0.3) is 0 Å². The number of hydrogen-bond donors (Lipinski definition) is 1. The molecule has 3 unspecified atom stereocenters. The zero-order valence-electron chi connectivity index (χ0n) is 10.2. The minimum atomic E-state index is 0.154. The van der Waals surface area contributed by atoms with E-state index in [2.05, 4.69) is 20.8 Å². The highest BCUT2D eigenvalue weighted by Crippen LogP contribution is 2.35. The van der Waals surface area contributed by atoms with Crippen molar-refractivity contribution in [2.75, 3.05) is 0 Å². The third kappa shape index (κ3) is 2.98. The SMILES string of the molecule is CCCC(C)C1(N)CCCC(C)CC1. The van der Waals surface area contributed by atoms with Crippen LogP contribution in [-0.4, -0.2) is 5.54 Å². The molecule has 0 aromatic carbocycles. The van der Waals surface area contributed by atoms with E-state index in [1.807, 2.05) is 0 Å². The van der Waals surface area contributed by atoms with E-state index in [1.165, 1.54) is 44.9 Å². The highest BCUT2D eigenvalue weighted by molar-refractivity contribution is 4.91. The summed E-state index contributed by atoms with van der Waals surface area (Å²) in [6, 6.07) is 0. The van der Waals surface area contributed by atoms with Crippen molar-refractivity contribution in [3.05, 3.63) is 0 Å². The first-order chi connectivity index (χ1) is 6.58. The van der Waals surface area contributed by atoms with Crippen LogP contribution in [0.3, 0.4) is 0 Å². The Hall–Kier alpha value is -0.0400. The van der Waals surface area contributed by atoms with Gasteiger partial charge in [-0.15, -0.1) is 0 Å². The lowest BCUT2D eigenvalue weighted by atomic mass is 9.77. The van der Waals surface area contributed by atoms with Crippen LogP contribution < -0.4 is 5.73 Å². The molecule has 0 saturated heterocycles. The number of nitrogens with two attached hydrogens (primary N) is 1. The van der Waals surface area contributed by atoms with Crippen LogP contribution in [0.5, 0.6) is 0 Å². The fourth-order valence-electron chi connectivity index (χ4n) is 2.78. The molecular formula is C13H27N. The predicted octanol–water partition coefficient (Wildman–Crippen LogP) is 3.72. The first kappa shape index (κ1) is 12.0. The van der Waals surface area contributed by atoms with E-state index in [9.17, 15) is 0 Å². The average Bonchev–Trinajstić information content (AvgIpc) is 2.30. The van der Waals surface area contributed by atoms with Gasteiger partial charge in [-0.3, -0.25) is 0 Å². The average molecular weight is 197 g/mol. The number of rotatable bonds is 3. The molecule has 0 aliphatic heterocycles. The van der Waals surface area contributed by atoms with Gasteiger partial charge in [0.05, 0.1) is 0 Å². The molecule has 1 nitrogen and oxygen atoms in total. The van der Waals surface area contributed by atoms with E-state index in [0.29, 0.717) is 5.92 Å². The van der Waals surface area contributed by atoms with Crippen molar-refractivity contribution >= 4 is 0 Å². The van der Waals surface area contributed by atoms with Gasteiger partial charge in [0.2, 0.25) is 0 Å². The van der Waals surface area contributed by atoms with Crippen LogP contribution in [0, 0.1) is 11.8 Å². The highest BCUT2D eigenvalue weighted by Gasteiger charge is 2.32. The molecule has 0 aromatic heterocycles. The van der Waals surface area contributed by atoms with E-state index < -0.39 is 0 Å². The van der Waals surface area contributed by atoms with Gasteiger partial charge in [0.25, 0.3) is 0 Å². The van der Waals surface area contributed by atoms with Crippen LogP contribution in [0.1, 0.15) is 65.7 Å². The van der Waals surface area contributed by atoms with E-state index in [-0.39, 0.29) is 5.54 Å². The van der Waals surface area contributed by atoms with Gasteiger partial charge in [0.15, 0.2) is 0 Å². The standard InChI is InChI=1S/C13H27N/c1-4-6-12(3)13(14)9-5-7-11(2)8-10-13/h11-12H,4-10,14H2,1-3H3. The molecule has 2 N–H and O–H groups in total. The third-order valence-electron chi connectivity index (χ3n) is 4.14.